The molecule has 0 atom stereocenters. The molecule has 2 aromatic carbocycles. The molecule has 24 heavy (non-hydrogen) atoms. The van der Waals surface area contributed by atoms with E-state index in [1.807, 2.05) is 24.3 Å². The van der Waals surface area contributed by atoms with Gasteiger partial charge >= 0.3 is 0 Å². The lowest BCUT2D eigenvalue weighted by molar-refractivity contribution is 0.102. The average molecular weight is 323 g/mol. The third-order valence-electron chi connectivity index (χ3n) is 3.59. The van der Waals surface area contributed by atoms with E-state index in [9.17, 15) is 4.79 Å². The predicted octanol–water partition coefficient (Wildman–Crippen LogP) is 4.22. The van der Waals surface area contributed by atoms with E-state index in [1.54, 1.807) is 50.8 Å². The second-order valence-electron chi connectivity index (χ2n) is 5.05. The van der Waals surface area contributed by atoms with Crippen molar-refractivity contribution in [1.29, 1.82) is 0 Å². The predicted molar refractivity (Wildman–Crippen MR) is 91.6 cm³/mol. The van der Waals surface area contributed by atoms with E-state index in [2.05, 4.69) is 5.32 Å². The van der Waals surface area contributed by atoms with Crippen molar-refractivity contribution in [3.05, 3.63) is 66.4 Å². The lowest BCUT2D eigenvalue weighted by atomic mass is 10.1. The van der Waals surface area contributed by atoms with Gasteiger partial charge in [-0.15, -0.1) is 0 Å². The van der Waals surface area contributed by atoms with Crippen LogP contribution >= 0.6 is 0 Å². The summed E-state index contributed by atoms with van der Waals surface area (Å²) in [5.41, 5.74) is 1.84. The van der Waals surface area contributed by atoms with Gasteiger partial charge in [0.15, 0.2) is 0 Å². The number of amides is 1. The van der Waals surface area contributed by atoms with Gasteiger partial charge in [0.2, 0.25) is 0 Å². The van der Waals surface area contributed by atoms with Gasteiger partial charge in [-0.3, -0.25) is 4.79 Å². The zero-order valence-corrected chi connectivity index (χ0v) is 13.4. The first-order chi connectivity index (χ1) is 11.7. The Kier molecular flexibility index (Phi) is 4.52. The summed E-state index contributed by atoms with van der Waals surface area (Å²) < 4.78 is 16.3. The van der Waals surface area contributed by atoms with Gasteiger partial charge in [-0.2, -0.15) is 0 Å². The summed E-state index contributed by atoms with van der Waals surface area (Å²) in [4.78, 5) is 12.4. The highest BCUT2D eigenvalue weighted by atomic mass is 16.5. The van der Waals surface area contributed by atoms with Crippen LogP contribution in [-0.2, 0) is 0 Å². The molecule has 0 saturated heterocycles. The van der Waals surface area contributed by atoms with Crippen LogP contribution in [-0.4, -0.2) is 20.1 Å². The van der Waals surface area contributed by atoms with Gasteiger partial charge in [0, 0.05) is 11.6 Å². The smallest absolute Gasteiger partial charge is 0.255 e. The van der Waals surface area contributed by atoms with E-state index in [-0.39, 0.29) is 5.91 Å². The van der Waals surface area contributed by atoms with Crippen LogP contribution in [0.25, 0.3) is 11.3 Å². The summed E-state index contributed by atoms with van der Waals surface area (Å²) in [6.45, 7) is 0. The Morgan fingerprint density at radius 3 is 2.33 bits per heavy atom. The fourth-order valence-corrected chi connectivity index (χ4v) is 2.40. The van der Waals surface area contributed by atoms with Crippen molar-refractivity contribution in [2.75, 3.05) is 19.5 Å². The number of carbonyl (C=O) groups is 1. The number of ether oxygens (including phenoxy) is 2. The molecule has 3 aromatic rings. The van der Waals surface area contributed by atoms with Crippen LogP contribution < -0.4 is 14.8 Å². The van der Waals surface area contributed by atoms with Gasteiger partial charge in [-0.05, 0) is 30.3 Å². The number of hydrogen-bond donors (Lipinski definition) is 1. The normalized spacial score (nSPS) is 10.2. The maximum absolute atomic E-state index is 12.4. The molecule has 5 heteroatoms. The van der Waals surface area contributed by atoms with Crippen molar-refractivity contribution in [3.63, 3.8) is 0 Å². The molecule has 0 saturated carbocycles. The van der Waals surface area contributed by atoms with Crippen LogP contribution in [0, 0.1) is 0 Å². The molecule has 1 amide bonds. The van der Waals surface area contributed by atoms with E-state index >= 15 is 0 Å². The minimum atomic E-state index is -0.221. The summed E-state index contributed by atoms with van der Waals surface area (Å²) in [6, 6.07) is 16.1. The van der Waals surface area contributed by atoms with Crippen LogP contribution in [0.5, 0.6) is 11.5 Å². The van der Waals surface area contributed by atoms with Crippen LogP contribution in [0.3, 0.4) is 0 Å². The first-order valence-corrected chi connectivity index (χ1v) is 7.39. The molecule has 0 aliphatic carbocycles. The minimum absolute atomic E-state index is 0.221. The molecule has 5 nitrogen and oxygen atoms in total. The topological polar surface area (TPSA) is 60.7 Å². The van der Waals surface area contributed by atoms with E-state index in [0.29, 0.717) is 28.5 Å². The third-order valence-corrected chi connectivity index (χ3v) is 3.59. The second-order valence-corrected chi connectivity index (χ2v) is 5.05. The van der Waals surface area contributed by atoms with E-state index < -0.39 is 0 Å². The van der Waals surface area contributed by atoms with Crippen molar-refractivity contribution in [1.82, 2.24) is 0 Å². The second kappa shape index (κ2) is 6.91. The van der Waals surface area contributed by atoms with Gasteiger partial charge in [-0.25, -0.2) is 0 Å². The van der Waals surface area contributed by atoms with Gasteiger partial charge in [0.05, 0.1) is 31.7 Å². The van der Waals surface area contributed by atoms with Crippen LogP contribution in [0.1, 0.15) is 10.4 Å². The lowest BCUT2D eigenvalue weighted by Crippen LogP contribution is -2.12. The summed E-state index contributed by atoms with van der Waals surface area (Å²) in [5, 5.41) is 2.85. The van der Waals surface area contributed by atoms with Crippen molar-refractivity contribution in [2.45, 2.75) is 0 Å². The molecule has 0 bridgehead atoms. The molecular formula is C19H17NO4. The molecule has 0 radical (unpaired) electrons. The number of carbonyl (C=O) groups excluding carboxylic acids is 1. The standard InChI is InChI=1S/C19H17NO4/c1-22-17-12-15(20-19(21)13-7-4-3-5-8-13)18(23-2)11-14(17)16-9-6-10-24-16/h3-12H,1-2H3,(H,20,21). The van der Waals surface area contributed by atoms with Crippen molar-refractivity contribution in [2.24, 2.45) is 0 Å². The number of nitrogens with one attached hydrogen (secondary N) is 1. The van der Waals surface area contributed by atoms with Crippen LogP contribution in [0.15, 0.2) is 65.3 Å². The van der Waals surface area contributed by atoms with Crippen LogP contribution in [0.4, 0.5) is 5.69 Å². The van der Waals surface area contributed by atoms with Gasteiger partial charge in [-0.1, -0.05) is 18.2 Å². The molecule has 122 valence electrons. The maximum atomic E-state index is 12.4. The van der Waals surface area contributed by atoms with Gasteiger partial charge in [0.25, 0.3) is 5.91 Å². The first kappa shape index (κ1) is 15.7. The molecule has 1 heterocycles. The Bertz CT molecular complexity index is 826. The maximum Gasteiger partial charge on any atom is 0.255 e. The Morgan fingerprint density at radius 2 is 1.71 bits per heavy atom. The highest BCUT2D eigenvalue weighted by molar-refractivity contribution is 6.05. The lowest BCUT2D eigenvalue weighted by Gasteiger charge is -2.14. The highest BCUT2D eigenvalue weighted by Crippen LogP contribution is 2.39. The zero-order chi connectivity index (χ0) is 16.9. The minimum Gasteiger partial charge on any atom is -0.496 e. The fourth-order valence-electron chi connectivity index (χ4n) is 2.40. The Balaban J connectivity index is 1.97. The molecule has 1 aromatic heterocycles. The molecule has 1 N–H and O–H groups in total. The summed E-state index contributed by atoms with van der Waals surface area (Å²) in [5.74, 6) is 1.54. The van der Waals surface area contributed by atoms with E-state index in [0.717, 1.165) is 5.56 Å². The number of methoxy groups -OCH3 is 2. The number of hydrogen-bond acceptors (Lipinski definition) is 4. The monoisotopic (exact) mass is 323 g/mol. The largest absolute Gasteiger partial charge is 0.496 e. The molecule has 0 aliphatic rings. The van der Waals surface area contributed by atoms with Crippen molar-refractivity contribution in [3.8, 4) is 22.8 Å². The number of anilines is 1. The average Bonchev–Trinajstić information content (AvgIpc) is 3.16. The Hall–Kier alpha value is -3.21. The molecule has 0 unspecified atom stereocenters. The fraction of sp³-hybridized carbons (Fsp3) is 0.105. The summed E-state index contributed by atoms with van der Waals surface area (Å²) in [6.07, 6.45) is 1.59. The van der Waals surface area contributed by atoms with Crippen LogP contribution in [0.2, 0.25) is 0 Å². The highest BCUT2D eigenvalue weighted by Gasteiger charge is 2.16. The molecular weight excluding hydrogens is 306 g/mol. The summed E-state index contributed by atoms with van der Waals surface area (Å²) in [7, 11) is 3.11. The Labute approximate surface area is 139 Å². The number of furan rings is 1. The first-order valence-electron chi connectivity index (χ1n) is 7.39. The van der Waals surface area contributed by atoms with Crippen molar-refractivity contribution >= 4 is 11.6 Å². The third kappa shape index (κ3) is 3.10. The van der Waals surface area contributed by atoms with Crippen molar-refractivity contribution < 1.29 is 18.7 Å². The quantitative estimate of drug-likeness (QED) is 0.764. The molecule has 0 aliphatic heterocycles. The molecule has 3 rings (SSSR count). The number of benzene rings is 2. The SMILES string of the molecule is COc1cc(-c2ccco2)c(OC)cc1NC(=O)c1ccccc1. The molecule has 0 spiro atoms. The Morgan fingerprint density at radius 1 is 0.958 bits per heavy atom. The number of rotatable bonds is 5. The van der Waals surface area contributed by atoms with Gasteiger partial charge < -0.3 is 19.2 Å². The van der Waals surface area contributed by atoms with Gasteiger partial charge in [0.1, 0.15) is 17.3 Å². The van der Waals surface area contributed by atoms with E-state index in [4.69, 9.17) is 13.9 Å². The van der Waals surface area contributed by atoms with E-state index in [1.165, 1.54) is 0 Å². The molecule has 0 fully saturated rings. The zero-order valence-electron chi connectivity index (χ0n) is 13.4. The summed E-state index contributed by atoms with van der Waals surface area (Å²) >= 11 is 0.